The number of nitrogens with one attached hydrogen (secondary N) is 2. The standard InChI is InChI=1S/C13H26N2O3/c1-5-8-9-14-11(16)10(4)15-13(6-2,7-3)12(17)18/h10,15H,5-9H2,1-4H3,(H,14,16)(H,17,18). The number of hydrogen-bond acceptors (Lipinski definition) is 3. The van der Waals surface area contributed by atoms with Gasteiger partial charge in [-0.1, -0.05) is 27.2 Å². The summed E-state index contributed by atoms with van der Waals surface area (Å²) in [4.78, 5) is 23.1. The molecule has 106 valence electrons. The fourth-order valence-corrected chi connectivity index (χ4v) is 1.84. The van der Waals surface area contributed by atoms with E-state index in [9.17, 15) is 14.7 Å². The van der Waals surface area contributed by atoms with Crippen LogP contribution in [0.25, 0.3) is 0 Å². The van der Waals surface area contributed by atoms with Gasteiger partial charge in [-0.15, -0.1) is 0 Å². The van der Waals surface area contributed by atoms with Crippen LogP contribution in [0.5, 0.6) is 0 Å². The molecule has 0 bridgehead atoms. The van der Waals surface area contributed by atoms with Crippen LogP contribution in [0.4, 0.5) is 0 Å². The molecule has 0 saturated heterocycles. The highest BCUT2D eigenvalue weighted by atomic mass is 16.4. The first-order valence-corrected chi connectivity index (χ1v) is 6.72. The van der Waals surface area contributed by atoms with Crippen molar-refractivity contribution >= 4 is 11.9 Å². The molecular weight excluding hydrogens is 232 g/mol. The first kappa shape index (κ1) is 16.9. The molecule has 0 aliphatic heterocycles. The minimum atomic E-state index is -1.01. The zero-order valence-corrected chi connectivity index (χ0v) is 11.9. The third-order valence-corrected chi connectivity index (χ3v) is 3.33. The summed E-state index contributed by atoms with van der Waals surface area (Å²) in [6, 6.07) is -0.502. The Balaban J connectivity index is 4.46. The number of carbonyl (C=O) groups excluding carboxylic acids is 1. The van der Waals surface area contributed by atoms with Crippen molar-refractivity contribution in [1.29, 1.82) is 0 Å². The number of rotatable bonds is 9. The number of hydrogen-bond donors (Lipinski definition) is 3. The van der Waals surface area contributed by atoms with Gasteiger partial charge in [-0.25, -0.2) is 0 Å². The maximum atomic E-state index is 11.8. The SMILES string of the molecule is CCCCNC(=O)C(C)NC(CC)(CC)C(=O)O. The number of carboxylic acids is 1. The van der Waals surface area contributed by atoms with Crippen LogP contribution in [0.1, 0.15) is 53.4 Å². The largest absolute Gasteiger partial charge is 0.480 e. The van der Waals surface area contributed by atoms with Gasteiger partial charge in [0.1, 0.15) is 5.54 Å². The molecule has 3 N–H and O–H groups in total. The minimum Gasteiger partial charge on any atom is -0.480 e. The van der Waals surface area contributed by atoms with E-state index in [0.29, 0.717) is 19.4 Å². The first-order valence-electron chi connectivity index (χ1n) is 6.72. The normalized spacial score (nSPS) is 13.1. The predicted octanol–water partition coefficient (Wildman–Crippen LogP) is 1.52. The second-order valence-corrected chi connectivity index (χ2v) is 4.60. The van der Waals surface area contributed by atoms with Crippen LogP contribution in [-0.4, -0.2) is 35.1 Å². The summed E-state index contributed by atoms with van der Waals surface area (Å²) in [5, 5.41) is 15.0. The predicted molar refractivity (Wildman–Crippen MR) is 71.5 cm³/mol. The first-order chi connectivity index (χ1) is 8.43. The second kappa shape index (κ2) is 8.08. The van der Waals surface area contributed by atoms with Gasteiger partial charge in [0.05, 0.1) is 6.04 Å². The molecular formula is C13H26N2O3. The van der Waals surface area contributed by atoms with Crippen LogP contribution in [0, 0.1) is 0 Å². The number of unbranched alkanes of at least 4 members (excludes halogenated alkanes) is 1. The quantitative estimate of drug-likeness (QED) is 0.548. The smallest absolute Gasteiger partial charge is 0.323 e. The van der Waals surface area contributed by atoms with Crippen LogP contribution in [0.3, 0.4) is 0 Å². The van der Waals surface area contributed by atoms with E-state index in [0.717, 1.165) is 12.8 Å². The van der Waals surface area contributed by atoms with Gasteiger partial charge in [-0.3, -0.25) is 14.9 Å². The molecule has 0 saturated carbocycles. The molecule has 1 atom stereocenters. The van der Waals surface area contributed by atoms with E-state index < -0.39 is 17.6 Å². The second-order valence-electron chi connectivity index (χ2n) is 4.60. The monoisotopic (exact) mass is 258 g/mol. The van der Waals surface area contributed by atoms with Crippen molar-refractivity contribution in [2.24, 2.45) is 0 Å². The summed E-state index contributed by atoms with van der Waals surface area (Å²) in [5.74, 6) is -1.04. The van der Waals surface area contributed by atoms with E-state index in [1.54, 1.807) is 6.92 Å². The van der Waals surface area contributed by atoms with Crippen molar-refractivity contribution in [2.75, 3.05) is 6.54 Å². The zero-order valence-electron chi connectivity index (χ0n) is 11.9. The number of carbonyl (C=O) groups is 2. The average Bonchev–Trinajstić information content (AvgIpc) is 2.35. The van der Waals surface area contributed by atoms with Crippen molar-refractivity contribution in [1.82, 2.24) is 10.6 Å². The Morgan fingerprint density at radius 2 is 1.78 bits per heavy atom. The highest BCUT2D eigenvalue weighted by molar-refractivity contribution is 5.84. The lowest BCUT2D eigenvalue weighted by Crippen LogP contribution is -2.58. The van der Waals surface area contributed by atoms with Crippen molar-refractivity contribution in [2.45, 2.75) is 65.0 Å². The third kappa shape index (κ3) is 4.64. The van der Waals surface area contributed by atoms with Gasteiger partial charge in [-0.05, 0) is 26.2 Å². The van der Waals surface area contributed by atoms with Crippen molar-refractivity contribution in [3.8, 4) is 0 Å². The van der Waals surface area contributed by atoms with Crippen molar-refractivity contribution < 1.29 is 14.7 Å². The summed E-state index contributed by atoms with van der Waals surface area (Å²) in [7, 11) is 0. The maximum Gasteiger partial charge on any atom is 0.323 e. The van der Waals surface area contributed by atoms with E-state index in [1.807, 2.05) is 13.8 Å². The summed E-state index contributed by atoms with van der Waals surface area (Å²) in [5.41, 5.74) is -1.01. The molecule has 1 unspecified atom stereocenters. The maximum absolute atomic E-state index is 11.8. The van der Waals surface area contributed by atoms with Gasteiger partial charge in [-0.2, -0.15) is 0 Å². The molecule has 5 heteroatoms. The van der Waals surface area contributed by atoms with Crippen molar-refractivity contribution in [3.63, 3.8) is 0 Å². The molecule has 18 heavy (non-hydrogen) atoms. The molecule has 0 aliphatic carbocycles. The third-order valence-electron chi connectivity index (χ3n) is 3.33. The van der Waals surface area contributed by atoms with Gasteiger partial charge in [0, 0.05) is 6.54 Å². The summed E-state index contributed by atoms with van der Waals surface area (Å²) >= 11 is 0. The van der Waals surface area contributed by atoms with Gasteiger partial charge >= 0.3 is 5.97 Å². The van der Waals surface area contributed by atoms with Gasteiger partial charge in [0.25, 0.3) is 0 Å². The fourth-order valence-electron chi connectivity index (χ4n) is 1.84. The Morgan fingerprint density at radius 1 is 1.22 bits per heavy atom. The Kier molecular flexibility index (Phi) is 7.59. The highest BCUT2D eigenvalue weighted by Gasteiger charge is 2.37. The Hall–Kier alpha value is -1.10. The Morgan fingerprint density at radius 3 is 2.17 bits per heavy atom. The van der Waals surface area contributed by atoms with E-state index in [4.69, 9.17) is 0 Å². The van der Waals surface area contributed by atoms with Gasteiger partial charge < -0.3 is 10.4 Å². The lowest BCUT2D eigenvalue weighted by molar-refractivity contribution is -0.146. The fraction of sp³-hybridized carbons (Fsp3) is 0.846. The van der Waals surface area contributed by atoms with Crippen molar-refractivity contribution in [3.05, 3.63) is 0 Å². The lowest BCUT2D eigenvalue weighted by atomic mass is 9.92. The molecule has 5 nitrogen and oxygen atoms in total. The highest BCUT2D eigenvalue weighted by Crippen LogP contribution is 2.16. The molecule has 0 fully saturated rings. The van der Waals surface area contributed by atoms with Crippen LogP contribution >= 0.6 is 0 Å². The summed E-state index contributed by atoms with van der Waals surface area (Å²) in [6.45, 7) is 8.01. The molecule has 0 aromatic rings. The van der Waals surface area contributed by atoms with Crippen LogP contribution in [-0.2, 0) is 9.59 Å². The minimum absolute atomic E-state index is 0.143. The Bertz CT molecular complexity index is 275. The average molecular weight is 258 g/mol. The van der Waals surface area contributed by atoms with Crippen LogP contribution in [0.15, 0.2) is 0 Å². The molecule has 1 amide bonds. The topological polar surface area (TPSA) is 78.4 Å². The van der Waals surface area contributed by atoms with E-state index in [-0.39, 0.29) is 5.91 Å². The molecule has 0 aliphatic rings. The molecule has 0 rings (SSSR count). The molecule has 0 radical (unpaired) electrons. The number of carboxylic acid groups (broad SMARTS) is 1. The molecule has 0 heterocycles. The summed E-state index contributed by atoms with van der Waals surface area (Å²) < 4.78 is 0. The number of amides is 1. The molecule has 0 spiro atoms. The van der Waals surface area contributed by atoms with Gasteiger partial charge in [0.15, 0.2) is 0 Å². The van der Waals surface area contributed by atoms with Gasteiger partial charge in [0.2, 0.25) is 5.91 Å². The van der Waals surface area contributed by atoms with E-state index in [2.05, 4.69) is 17.6 Å². The van der Waals surface area contributed by atoms with E-state index in [1.165, 1.54) is 0 Å². The molecule has 0 aromatic heterocycles. The molecule has 0 aromatic carbocycles. The summed E-state index contributed by atoms with van der Waals surface area (Å²) in [6.07, 6.45) is 2.85. The lowest BCUT2D eigenvalue weighted by Gasteiger charge is -2.31. The zero-order chi connectivity index (χ0) is 14.2. The number of aliphatic carboxylic acids is 1. The van der Waals surface area contributed by atoms with E-state index >= 15 is 0 Å². The van der Waals surface area contributed by atoms with Crippen LogP contribution in [0.2, 0.25) is 0 Å². The van der Waals surface area contributed by atoms with Crippen LogP contribution < -0.4 is 10.6 Å². The Labute approximate surface area is 109 Å².